The highest BCUT2D eigenvalue weighted by atomic mass is 16.5. The van der Waals surface area contributed by atoms with Crippen molar-refractivity contribution >= 4 is 5.97 Å². The molecular weight excluding hydrogens is 248 g/mol. The van der Waals surface area contributed by atoms with Gasteiger partial charge in [0.2, 0.25) is 0 Å². The first-order valence-corrected chi connectivity index (χ1v) is 5.93. The number of benzene rings is 1. The predicted octanol–water partition coefficient (Wildman–Crippen LogP) is 1.73. The second-order valence-corrected chi connectivity index (χ2v) is 4.13. The van der Waals surface area contributed by atoms with Gasteiger partial charge in [0.1, 0.15) is 0 Å². The molecule has 19 heavy (non-hydrogen) atoms. The average molecular weight is 260 g/mol. The van der Waals surface area contributed by atoms with Crippen LogP contribution in [0.5, 0.6) is 11.5 Å². The maximum atomic E-state index is 10.8. The number of fused-ring (bicyclic) bond motifs is 1. The molecule has 1 aromatic carbocycles. The Balaban J connectivity index is 1.96. The van der Waals surface area contributed by atoms with E-state index in [0.717, 1.165) is 12.1 Å². The van der Waals surface area contributed by atoms with E-state index in [1.165, 1.54) is 10.7 Å². The van der Waals surface area contributed by atoms with Gasteiger partial charge in [0.05, 0.1) is 18.9 Å². The molecule has 6 heteroatoms. The Bertz CT molecular complexity index is 621. The van der Waals surface area contributed by atoms with Gasteiger partial charge in [0, 0.05) is 18.7 Å². The Morgan fingerprint density at radius 1 is 1.21 bits per heavy atom. The lowest BCUT2D eigenvalue weighted by atomic mass is 10.3. The van der Waals surface area contributed by atoms with Crippen molar-refractivity contribution < 1.29 is 19.4 Å². The lowest BCUT2D eigenvalue weighted by Gasteiger charge is -2.09. The molecule has 0 aliphatic carbocycles. The number of hydrogen-bond donors (Lipinski definition) is 1. The molecule has 1 aromatic heterocycles. The molecule has 2 aromatic rings. The molecule has 0 atom stereocenters. The normalized spacial score (nSPS) is 13.9. The third-order valence-corrected chi connectivity index (χ3v) is 2.80. The number of rotatable bonds is 2. The fraction of sp³-hybridized carbons (Fsp3) is 0.231. The minimum absolute atomic E-state index is 0.00658. The fourth-order valence-electron chi connectivity index (χ4n) is 1.88. The summed E-state index contributed by atoms with van der Waals surface area (Å²) < 4.78 is 12.6. The van der Waals surface area contributed by atoms with Crippen molar-refractivity contribution in [3.63, 3.8) is 0 Å². The van der Waals surface area contributed by atoms with Crippen LogP contribution in [0.2, 0.25) is 0 Å². The van der Waals surface area contributed by atoms with E-state index >= 15 is 0 Å². The summed E-state index contributed by atoms with van der Waals surface area (Å²) in [5, 5.41) is 12.8. The fourth-order valence-corrected chi connectivity index (χ4v) is 1.88. The van der Waals surface area contributed by atoms with Crippen molar-refractivity contribution in [2.75, 3.05) is 13.2 Å². The van der Waals surface area contributed by atoms with E-state index in [-0.39, 0.29) is 5.69 Å². The van der Waals surface area contributed by atoms with Crippen LogP contribution in [0, 0.1) is 0 Å². The number of ether oxygens (including phenoxy) is 2. The molecule has 0 saturated carbocycles. The van der Waals surface area contributed by atoms with Crippen LogP contribution < -0.4 is 9.47 Å². The van der Waals surface area contributed by atoms with E-state index in [0.29, 0.717) is 24.7 Å². The number of carboxylic acid groups (broad SMARTS) is 1. The van der Waals surface area contributed by atoms with Crippen LogP contribution in [0.25, 0.3) is 5.69 Å². The Morgan fingerprint density at radius 3 is 2.74 bits per heavy atom. The molecule has 0 fully saturated rings. The van der Waals surface area contributed by atoms with Crippen molar-refractivity contribution in [3.05, 3.63) is 36.2 Å². The molecule has 0 spiro atoms. The minimum atomic E-state index is -1.05. The summed E-state index contributed by atoms with van der Waals surface area (Å²) in [5.41, 5.74) is 0.740. The molecule has 0 bridgehead atoms. The smallest absolute Gasteiger partial charge is 0.356 e. The van der Waals surface area contributed by atoms with Crippen LogP contribution in [-0.2, 0) is 0 Å². The van der Waals surface area contributed by atoms with E-state index in [4.69, 9.17) is 14.6 Å². The van der Waals surface area contributed by atoms with Gasteiger partial charge in [-0.3, -0.25) is 0 Å². The Kier molecular flexibility index (Phi) is 2.83. The van der Waals surface area contributed by atoms with Crippen LogP contribution in [0.15, 0.2) is 30.5 Å². The molecule has 0 saturated heterocycles. The highest BCUT2D eigenvalue weighted by Crippen LogP contribution is 2.31. The summed E-state index contributed by atoms with van der Waals surface area (Å²) in [4.78, 5) is 10.8. The number of aromatic carboxylic acids is 1. The number of hydrogen-bond acceptors (Lipinski definition) is 4. The van der Waals surface area contributed by atoms with Crippen LogP contribution in [0.4, 0.5) is 0 Å². The second kappa shape index (κ2) is 4.64. The van der Waals surface area contributed by atoms with Crippen LogP contribution in [0.1, 0.15) is 16.9 Å². The minimum Gasteiger partial charge on any atom is -0.490 e. The first-order valence-electron chi connectivity index (χ1n) is 5.93. The first kappa shape index (κ1) is 11.6. The molecule has 1 aliphatic rings. The zero-order valence-corrected chi connectivity index (χ0v) is 10.1. The highest BCUT2D eigenvalue weighted by molar-refractivity contribution is 5.85. The van der Waals surface area contributed by atoms with E-state index in [1.54, 1.807) is 18.3 Å². The van der Waals surface area contributed by atoms with Gasteiger partial charge in [-0.15, -0.1) is 0 Å². The quantitative estimate of drug-likeness (QED) is 0.890. The van der Waals surface area contributed by atoms with Crippen molar-refractivity contribution in [1.82, 2.24) is 9.78 Å². The van der Waals surface area contributed by atoms with Crippen LogP contribution >= 0.6 is 0 Å². The summed E-state index contributed by atoms with van der Waals surface area (Å²) in [7, 11) is 0. The van der Waals surface area contributed by atoms with Gasteiger partial charge in [-0.1, -0.05) is 0 Å². The van der Waals surface area contributed by atoms with Gasteiger partial charge in [0.15, 0.2) is 17.2 Å². The monoisotopic (exact) mass is 260 g/mol. The van der Waals surface area contributed by atoms with Crippen molar-refractivity contribution in [2.45, 2.75) is 6.42 Å². The summed E-state index contributed by atoms with van der Waals surface area (Å²) in [6.45, 7) is 1.24. The van der Waals surface area contributed by atoms with Crippen molar-refractivity contribution in [1.29, 1.82) is 0 Å². The van der Waals surface area contributed by atoms with Gasteiger partial charge in [0.25, 0.3) is 0 Å². The van der Waals surface area contributed by atoms with Crippen LogP contribution in [0.3, 0.4) is 0 Å². The standard InChI is InChI=1S/C13H12N2O4/c16-13(17)10-4-5-15(14-10)9-2-3-11-12(8-9)19-7-1-6-18-11/h2-5,8H,1,6-7H2,(H,16,17). The van der Waals surface area contributed by atoms with E-state index in [9.17, 15) is 4.79 Å². The molecule has 1 N–H and O–H groups in total. The van der Waals surface area contributed by atoms with Gasteiger partial charge in [-0.05, 0) is 18.2 Å². The predicted molar refractivity (Wildman–Crippen MR) is 66.1 cm³/mol. The molecule has 1 aliphatic heterocycles. The number of nitrogens with zero attached hydrogens (tertiary/aromatic N) is 2. The Labute approximate surface area is 109 Å². The van der Waals surface area contributed by atoms with Crippen LogP contribution in [-0.4, -0.2) is 34.1 Å². The lowest BCUT2D eigenvalue weighted by molar-refractivity contribution is 0.0690. The van der Waals surface area contributed by atoms with Gasteiger partial charge < -0.3 is 14.6 Å². The number of aromatic nitrogens is 2. The summed E-state index contributed by atoms with van der Waals surface area (Å²) in [6, 6.07) is 6.86. The zero-order valence-electron chi connectivity index (χ0n) is 10.1. The molecule has 3 rings (SSSR count). The van der Waals surface area contributed by atoms with E-state index in [1.807, 2.05) is 6.07 Å². The third-order valence-electron chi connectivity index (χ3n) is 2.80. The molecule has 0 radical (unpaired) electrons. The number of carboxylic acids is 1. The summed E-state index contributed by atoms with van der Waals surface area (Å²) >= 11 is 0. The van der Waals surface area contributed by atoms with E-state index < -0.39 is 5.97 Å². The Morgan fingerprint density at radius 2 is 2.00 bits per heavy atom. The Hall–Kier alpha value is -2.50. The topological polar surface area (TPSA) is 73.6 Å². The average Bonchev–Trinajstić information content (AvgIpc) is 2.78. The summed E-state index contributed by atoms with van der Waals surface area (Å²) in [6.07, 6.45) is 2.44. The van der Waals surface area contributed by atoms with Gasteiger partial charge in [-0.25, -0.2) is 9.48 Å². The molecule has 0 amide bonds. The zero-order chi connectivity index (χ0) is 13.2. The molecule has 0 unspecified atom stereocenters. The lowest BCUT2D eigenvalue weighted by Crippen LogP contribution is -2.01. The summed E-state index contributed by atoms with van der Waals surface area (Å²) in [5.74, 6) is 0.308. The van der Waals surface area contributed by atoms with Crippen molar-refractivity contribution in [3.8, 4) is 17.2 Å². The molecular formula is C13H12N2O4. The molecule has 2 heterocycles. The number of carbonyl (C=O) groups is 1. The maximum Gasteiger partial charge on any atom is 0.356 e. The molecule has 98 valence electrons. The second-order valence-electron chi connectivity index (χ2n) is 4.13. The maximum absolute atomic E-state index is 10.8. The molecule has 6 nitrogen and oxygen atoms in total. The highest BCUT2D eigenvalue weighted by Gasteiger charge is 2.13. The first-order chi connectivity index (χ1) is 9.24. The SMILES string of the molecule is O=C(O)c1ccn(-c2ccc3c(c2)OCCCO3)n1. The largest absolute Gasteiger partial charge is 0.490 e. The third kappa shape index (κ3) is 2.24. The van der Waals surface area contributed by atoms with Crippen molar-refractivity contribution in [2.24, 2.45) is 0 Å². The van der Waals surface area contributed by atoms with Gasteiger partial charge in [-0.2, -0.15) is 5.10 Å². The van der Waals surface area contributed by atoms with E-state index in [2.05, 4.69) is 5.10 Å². The van der Waals surface area contributed by atoms with Gasteiger partial charge >= 0.3 is 5.97 Å².